The van der Waals surface area contributed by atoms with Crippen molar-refractivity contribution in [1.29, 1.82) is 0 Å². The van der Waals surface area contributed by atoms with Crippen molar-refractivity contribution in [2.24, 2.45) is 0 Å². The molecule has 0 radical (unpaired) electrons. The quantitative estimate of drug-likeness (QED) is 0.890. The normalized spacial score (nSPS) is 12.4. The van der Waals surface area contributed by atoms with Gasteiger partial charge in [0.2, 0.25) is 0 Å². The summed E-state index contributed by atoms with van der Waals surface area (Å²) in [6, 6.07) is 7.15. The molecule has 1 aromatic heterocycles. The first-order chi connectivity index (χ1) is 9.65. The number of pyridine rings is 1. The van der Waals surface area contributed by atoms with Crippen molar-refractivity contribution in [1.82, 2.24) is 10.3 Å². The zero-order valence-electron chi connectivity index (χ0n) is 11.7. The molecule has 1 unspecified atom stereocenters. The van der Waals surface area contributed by atoms with Gasteiger partial charge >= 0.3 is 0 Å². The van der Waals surface area contributed by atoms with Crippen molar-refractivity contribution in [3.05, 3.63) is 63.6 Å². The molecule has 0 saturated carbocycles. The molecule has 0 spiro atoms. The number of aromatic nitrogens is 1. The van der Waals surface area contributed by atoms with Gasteiger partial charge in [0, 0.05) is 22.9 Å². The Kier molecular flexibility index (Phi) is 5.26. The van der Waals surface area contributed by atoms with Gasteiger partial charge in [-0.3, -0.25) is 4.98 Å². The lowest BCUT2D eigenvalue weighted by molar-refractivity contribution is 0.550. The van der Waals surface area contributed by atoms with Gasteiger partial charge in [0.1, 0.15) is 5.82 Å². The fourth-order valence-corrected chi connectivity index (χ4v) is 2.77. The average Bonchev–Trinajstić information content (AvgIpc) is 2.48. The molecule has 0 amide bonds. The molecule has 1 aromatic carbocycles. The predicted octanol–water partition coefficient (Wildman–Crippen LogP) is 4.05. The van der Waals surface area contributed by atoms with E-state index in [2.05, 4.69) is 33.2 Å². The minimum absolute atomic E-state index is 0.0803. The van der Waals surface area contributed by atoms with Gasteiger partial charge in [-0.15, -0.1) is 0 Å². The number of nitrogens with zero attached hydrogens (tertiary/aromatic N) is 1. The highest BCUT2D eigenvalue weighted by atomic mass is 79.9. The maximum Gasteiger partial charge on any atom is 0.126 e. The molecule has 0 aliphatic carbocycles. The van der Waals surface area contributed by atoms with E-state index in [-0.39, 0.29) is 11.9 Å². The summed E-state index contributed by atoms with van der Waals surface area (Å²) < 4.78 is 14.8. The molecule has 1 atom stereocenters. The number of rotatable bonds is 5. The molecule has 1 N–H and O–H groups in total. The van der Waals surface area contributed by atoms with Crippen molar-refractivity contribution in [3.8, 4) is 0 Å². The highest BCUT2D eigenvalue weighted by Gasteiger charge is 2.15. The van der Waals surface area contributed by atoms with Crippen LogP contribution in [-0.4, -0.2) is 12.0 Å². The monoisotopic (exact) mass is 336 g/mol. The summed E-state index contributed by atoms with van der Waals surface area (Å²) in [6.07, 6.45) is 5.20. The maximum atomic E-state index is 13.9. The lowest BCUT2D eigenvalue weighted by Gasteiger charge is -2.20. The fraction of sp³-hybridized carbons (Fsp3) is 0.312. The average molecular weight is 337 g/mol. The van der Waals surface area contributed by atoms with E-state index in [9.17, 15) is 4.39 Å². The standard InChI is InChI=1S/C16H18BrFN2/c1-3-11-10-20-7-6-14(11)16(19-2)9-12-8-13(17)4-5-15(12)18/h4-8,10,16,19H,3,9H2,1-2H3. The van der Waals surface area contributed by atoms with Crippen molar-refractivity contribution in [2.75, 3.05) is 7.05 Å². The molecule has 0 saturated heterocycles. The number of hydrogen-bond acceptors (Lipinski definition) is 2. The molecule has 106 valence electrons. The molecular formula is C16H18BrFN2. The van der Waals surface area contributed by atoms with E-state index in [1.807, 2.05) is 25.4 Å². The second kappa shape index (κ2) is 6.95. The molecule has 0 fully saturated rings. The number of hydrogen-bond donors (Lipinski definition) is 1. The molecule has 1 heterocycles. The van der Waals surface area contributed by atoms with Crippen LogP contribution in [0.1, 0.15) is 29.7 Å². The van der Waals surface area contributed by atoms with Gasteiger partial charge in [0.05, 0.1) is 0 Å². The second-order valence-electron chi connectivity index (χ2n) is 4.71. The SMILES string of the molecule is CCc1cnccc1C(Cc1cc(Br)ccc1F)NC. The van der Waals surface area contributed by atoms with Crippen LogP contribution < -0.4 is 5.32 Å². The molecule has 2 nitrogen and oxygen atoms in total. The van der Waals surface area contributed by atoms with E-state index in [0.717, 1.165) is 10.9 Å². The summed E-state index contributed by atoms with van der Waals surface area (Å²) in [5, 5.41) is 3.28. The molecule has 0 aliphatic rings. The summed E-state index contributed by atoms with van der Waals surface area (Å²) in [5.74, 6) is -0.166. The van der Waals surface area contributed by atoms with Crippen LogP contribution in [0.4, 0.5) is 4.39 Å². The van der Waals surface area contributed by atoms with Crippen LogP contribution in [0.5, 0.6) is 0 Å². The minimum Gasteiger partial charge on any atom is -0.313 e. The van der Waals surface area contributed by atoms with Crippen LogP contribution in [0.2, 0.25) is 0 Å². The van der Waals surface area contributed by atoms with Crippen LogP contribution in [0.15, 0.2) is 41.1 Å². The second-order valence-corrected chi connectivity index (χ2v) is 5.62. The lowest BCUT2D eigenvalue weighted by Crippen LogP contribution is -2.21. The third-order valence-electron chi connectivity index (χ3n) is 3.48. The van der Waals surface area contributed by atoms with E-state index in [1.54, 1.807) is 12.3 Å². The first kappa shape index (κ1) is 15.1. The topological polar surface area (TPSA) is 24.9 Å². The molecule has 2 aromatic rings. The molecule has 20 heavy (non-hydrogen) atoms. The Labute approximate surface area is 127 Å². The van der Waals surface area contributed by atoms with E-state index in [0.29, 0.717) is 12.0 Å². The third kappa shape index (κ3) is 3.44. The van der Waals surface area contributed by atoms with Gasteiger partial charge in [0.25, 0.3) is 0 Å². The number of likely N-dealkylation sites (N-methyl/N-ethyl adjacent to an activating group) is 1. The third-order valence-corrected chi connectivity index (χ3v) is 3.97. The number of aryl methyl sites for hydroxylation is 1. The Morgan fingerprint density at radius 1 is 1.30 bits per heavy atom. The maximum absolute atomic E-state index is 13.9. The minimum atomic E-state index is -0.166. The first-order valence-electron chi connectivity index (χ1n) is 6.69. The Morgan fingerprint density at radius 3 is 2.80 bits per heavy atom. The fourth-order valence-electron chi connectivity index (χ4n) is 2.36. The van der Waals surface area contributed by atoms with Crippen molar-refractivity contribution >= 4 is 15.9 Å². The highest BCUT2D eigenvalue weighted by Crippen LogP contribution is 2.24. The van der Waals surface area contributed by atoms with Crippen LogP contribution in [0, 0.1) is 5.82 Å². The van der Waals surface area contributed by atoms with Gasteiger partial charge in [-0.05, 0) is 60.8 Å². The van der Waals surface area contributed by atoms with Crippen molar-refractivity contribution in [2.45, 2.75) is 25.8 Å². The smallest absolute Gasteiger partial charge is 0.126 e. The van der Waals surface area contributed by atoms with Gasteiger partial charge in [-0.25, -0.2) is 4.39 Å². The zero-order chi connectivity index (χ0) is 14.5. The molecular weight excluding hydrogens is 319 g/mol. The summed E-state index contributed by atoms with van der Waals surface area (Å²) in [4.78, 5) is 4.16. The Hall–Kier alpha value is -1.26. The van der Waals surface area contributed by atoms with Crippen molar-refractivity contribution < 1.29 is 4.39 Å². The van der Waals surface area contributed by atoms with E-state index in [4.69, 9.17) is 0 Å². The van der Waals surface area contributed by atoms with Crippen molar-refractivity contribution in [3.63, 3.8) is 0 Å². The van der Waals surface area contributed by atoms with Crippen LogP contribution in [0.3, 0.4) is 0 Å². The Balaban J connectivity index is 2.31. The van der Waals surface area contributed by atoms with Crippen LogP contribution >= 0.6 is 15.9 Å². The highest BCUT2D eigenvalue weighted by molar-refractivity contribution is 9.10. The van der Waals surface area contributed by atoms with E-state index in [1.165, 1.54) is 17.2 Å². The predicted molar refractivity (Wildman–Crippen MR) is 83.2 cm³/mol. The van der Waals surface area contributed by atoms with Gasteiger partial charge < -0.3 is 5.32 Å². The number of halogens is 2. The van der Waals surface area contributed by atoms with Crippen LogP contribution in [0.25, 0.3) is 0 Å². The molecule has 4 heteroatoms. The zero-order valence-corrected chi connectivity index (χ0v) is 13.2. The van der Waals surface area contributed by atoms with Gasteiger partial charge in [0.15, 0.2) is 0 Å². The summed E-state index contributed by atoms with van der Waals surface area (Å²) in [7, 11) is 1.90. The first-order valence-corrected chi connectivity index (χ1v) is 7.49. The Bertz CT molecular complexity index is 586. The summed E-state index contributed by atoms with van der Waals surface area (Å²) in [5.41, 5.74) is 3.09. The lowest BCUT2D eigenvalue weighted by atomic mass is 9.95. The Morgan fingerprint density at radius 2 is 2.10 bits per heavy atom. The summed E-state index contributed by atoms with van der Waals surface area (Å²) in [6.45, 7) is 2.10. The number of nitrogens with one attached hydrogen (secondary N) is 1. The van der Waals surface area contributed by atoms with E-state index < -0.39 is 0 Å². The molecule has 0 bridgehead atoms. The molecule has 2 rings (SSSR count). The van der Waals surface area contributed by atoms with Crippen LogP contribution in [-0.2, 0) is 12.8 Å². The number of benzene rings is 1. The van der Waals surface area contributed by atoms with Gasteiger partial charge in [-0.1, -0.05) is 22.9 Å². The van der Waals surface area contributed by atoms with E-state index >= 15 is 0 Å². The largest absolute Gasteiger partial charge is 0.313 e. The van der Waals surface area contributed by atoms with Gasteiger partial charge in [-0.2, -0.15) is 0 Å². The summed E-state index contributed by atoms with van der Waals surface area (Å²) >= 11 is 3.40. The molecule has 0 aliphatic heterocycles.